The predicted octanol–water partition coefficient (Wildman–Crippen LogP) is 4.35. The third-order valence-corrected chi connectivity index (χ3v) is 2.76. The SMILES string of the molecule is C(=Cc1ccccc1)c1ccccc1.C1=CNCC1. The molecule has 0 bridgehead atoms. The number of hydrogen-bond donors (Lipinski definition) is 1. The minimum Gasteiger partial charge on any atom is -0.391 e. The van der Waals surface area contributed by atoms with E-state index in [0.29, 0.717) is 0 Å². The first kappa shape index (κ1) is 13.2. The zero-order chi connectivity index (χ0) is 13.2. The van der Waals surface area contributed by atoms with Crippen molar-refractivity contribution >= 4 is 12.2 Å². The van der Waals surface area contributed by atoms with E-state index in [1.54, 1.807) is 0 Å². The third kappa shape index (κ3) is 5.26. The van der Waals surface area contributed by atoms with Crippen molar-refractivity contribution in [3.63, 3.8) is 0 Å². The van der Waals surface area contributed by atoms with Gasteiger partial charge in [-0.2, -0.15) is 0 Å². The van der Waals surface area contributed by atoms with Gasteiger partial charge in [0.05, 0.1) is 0 Å². The lowest BCUT2D eigenvalue weighted by molar-refractivity contribution is 0.917. The van der Waals surface area contributed by atoms with Crippen LogP contribution in [0.3, 0.4) is 0 Å². The van der Waals surface area contributed by atoms with E-state index in [-0.39, 0.29) is 0 Å². The van der Waals surface area contributed by atoms with Crippen molar-refractivity contribution in [2.24, 2.45) is 0 Å². The van der Waals surface area contributed by atoms with E-state index in [9.17, 15) is 0 Å². The summed E-state index contributed by atoms with van der Waals surface area (Å²) in [6, 6.07) is 20.6. The molecule has 96 valence electrons. The molecule has 0 spiro atoms. The molecule has 1 heterocycles. The molecule has 1 N–H and O–H groups in total. The summed E-state index contributed by atoms with van der Waals surface area (Å²) in [7, 11) is 0. The molecule has 0 saturated heterocycles. The first-order chi connectivity index (χ1) is 9.45. The summed E-state index contributed by atoms with van der Waals surface area (Å²) in [4.78, 5) is 0. The van der Waals surface area contributed by atoms with Gasteiger partial charge < -0.3 is 5.32 Å². The number of hydrogen-bond acceptors (Lipinski definition) is 1. The molecule has 0 saturated carbocycles. The van der Waals surface area contributed by atoms with Crippen LogP contribution in [0.25, 0.3) is 12.2 Å². The second-order valence-electron chi connectivity index (χ2n) is 4.30. The highest BCUT2D eigenvalue weighted by atomic mass is 14.8. The third-order valence-electron chi connectivity index (χ3n) is 2.76. The largest absolute Gasteiger partial charge is 0.391 e. The van der Waals surface area contributed by atoms with E-state index in [0.717, 1.165) is 6.54 Å². The van der Waals surface area contributed by atoms with Gasteiger partial charge in [-0.1, -0.05) is 78.9 Å². The van der Waals surface area contributed by atoms with Crippen LogP contribution in [-0.2, 0) is 0 Å². The van der Waals surface area contributed by atoms with Crippen LogP contribution in [0.4, 0.5) is 0 Å². The highest BCUT2D eigenvalue weighted by molar-refractivity contribution is 5.69. The zero-order valence-corrected chi connectivity index (χ0v) is 11.0. The molecule has 0 atom stereocenters. The van der Waals surface area contributed by atoms with E-state index in [2.05, 4.69) is 47.8 Å². The van der Waals surface area contributed by atoms with Gasteiger partial charge in [-0.15, -0.1) is 0 Å². The zero-order valence-electron chi connectivity index (χ0n) is 11.0. The number of nitrogens with one attached hydrogen (secondary N) is 1. The van der Waals surface area contributed by atoms with Crippen molar-refractivity contribution in [3.05, 3.63) is 84.1 Å². The van der Waals surface area contributed by atoms with Crippen LogP contribution in [-0.4, -0.2) is 6.54 Å². The Balaban J connectivity index is 0.000000224. The predicted molar refractivity (Wildman–Crippen MR) is 83.6 cm³/mol. The molecule has 0 fully saturated rings. The van der Waals surface area contributed by atoms with Gasteiger partial charge in [-0.25, -0.2) is 0 Å². The van der Waals surface area contributed by atoms with Crippen LogP contribution in [0.2, 0.25) is 0 Å². The van der Waals surface area contributed by atoms with Crippen molar-refractivity contribution in [2.75, 3.05) is 6.54 Å². The molecule has 0 aromatic heterocycles. The second kappa shape index (κ2) is 7.93. The summed E-state index contributed by atoms with van der Waals surface area (Å²) in [6.45, 7) is 1.14. The molecule has 0 radical (unpaired) electrons. The first-order valence-corrected chi connectivity index (χ1v) is 6.62. The van der Waals surface area contributed by atoms with E-state index in [1.165, 1.54) is 17.5 Å². The summed E-state index contributed by atoms with van der Waals surface area (Å²) < 4.78 is 0. The van der Waals surface area contributed by atoms with Gasteiger partial charge in [0.25, 0.3) is 0 Å². The Bertz CT molecular complexity index is 464. The molecule has 19 heavy (non-hydrogen) atoms. The molecule has 0 amide bonds. The minimum atomic E-state index is 1.14. The van der Waals surface area contributed by atoms with Crippen LogP contribution in [0.5, 0.6) is 0 Å². The number of rotatable bonds is 2. The average Bonchev–Trinajstić information content (AvgIpc) is 3.07. The quantitative estimate of drug-likeness (QED) is 0.780. The standard InChI is InChI=1S/C14H12.C4H7N/c1-3-7-13(8-4-1)11-12-14-9-5-2-6-10-14;1-2-4-5-3-1/h1-12H;1,3,5H,2,4H2. The molecule has 2 aromatic carbocycles. The molecule has 1 heteroatoms. The Kier molecular flexibility index (Phi) is 5.49. The van der Waals surface area contributed by atoms with Crippen LogP contribution < -0.4 is 5.32 Å². The number of benzene rings is 2. The maximum absolute atomic E-state index is 3.04. The summed E-state index contributed by atoms with van der Waals surface area (Å²) in [6.07, 6.45) is 9.56. The fourth-order valence-electron chi connectivity index (χ4n) is 1.74. The minimum absolute atomic E-state index is 1.14. The maximum atomic E-state index is 3.04. The molecule has 2 aromatic rings. The van der Waals surface area contributed by atoms with Gasteiger partial charge in [-0.05, 0) is 23.7 Å². The van der Waals surface area contributed by atoms with Crippen LogP contribution >= 0.6 is 0 Å². The Hall–Kier alpha value is -2.28. The van der Waals surface area contributed by atoms with E-state index >= 15 is 0 Å². The fourth-order valence-corrected chi connectivity index (χ4v) is 1.74. The van der Waals surface area contributed by atoms with E-state index in [1.807, 2.05) is 42.6 Å². The lowest BCUT2D eigenvalue weighted by Gasteiger charge is -1.92. The lowest BCUT2D eigenvalue weighted by atomic mass is 10.1. The summed E-state index contributed by atoms with van der Waals surface area (Å²) in [5.74, 6) is 0. The van der Waals surface area contributed by atoms with Gasteiger partial charge in [0.15, 0.2) is 0 Å². The van der Waals surface area contributed by atoms with Gasteiger partial charge >= 0.3 is 0 Å². The van der Waals surface area contributed by atoms with E-state index < -0.39 is 0 Å². The summed E-state index contributed by atoms with van der Waals surface area (Å²) in [5, 5.41) is 3.04. The van der Waals surface area contributed by atoms with Crippen molar-refractivity contribution in [1.29, 1.82) is 0 Å². The second-order valence-corrected chi connectivity index (χ2v) is 4.30. The molecule has 1 nitrogen and oxygen atoms in total. The van der Waals surface area contributed by atoms with Crippen LogP contribution in [0, 0.1) is 0 Å². The molecule has 1 aliphatic rings. The molecule has 1 aliphatic heterocycles. The van der Waals surface area contributed by atoms with Gasteiger partial charge in [0, 0.05) is 6.54 Å². The normalized spacial score (nSPS) is 12.8. The van der Waals surface area contributed by atoms with Crippen molar-refractivity contribution in [1.82, 2.24) is 5.32 Å². The van der Waals surface area contributed by atoms with Crippen LogP contribution in [0.1, 0.15) is 17.5 Å². The average molecular weight is 249 g/mol. The van der Waals surface area contributed by atoms with Gasteiger partial charge in [-0.3, -0.25) is 0 Å². The van der Waals surface area contributed by atoms with Crippen molar-refractivity contribution < 1.29 is 0 Å². The fraction of sp³-hybridized carbons (Fsp3) is 0.111. The summed E-state index contributed by atoms with van der Waals surface area (Å²) >= 11 is 0. The monoisotopic (exact) mass is 249 g/mol. The lowest BCUT2D eigenvalue weighted by Crippen LogP contribution is -1.96. The molecule has 0 aliphatic carbocycles. The Labute approximate surface area is 115 Å². The Morgan fingerprint density at radius 2 is 1.26 bits per heavy atom. The Morgan fingerprint density at radius 3 is 1.58 bits per heavy atom. The van der Waals surface area contributed by atoms with Crippen molar-refractivity contribution in [2.45, 2.75) is 6.42 Å². The molecular weight excluding hydrogens is 230 g/mol. The van der Waals surface area contributed by atoms with Crippen LogP contribution in [0.15, 0.2) is 72.9 Å². The van der Waals surface area contributed by atoms with Crippen molar-refractivity contribution in [3.8, 4) is 0 Å². The maximum Gasteiger partial charge on any atom is 0.0176 e. The first-order valence-electron chi connectivity index (χ1n) is 6.62. The molecule has 3 rings (SSSR count). The highest BCUT2D eigenvalue weighted by Crippen LogP contribution is 2.06. The highest BCUT2D eigenvalue weighted by Gasteiger charge is 1.84. The topological polar surface area (TPSA) is 12.0 Å². The summed E-state index contributed by atoms with van der Waals surface area (Å²) in [5.41, 5.74) is 2.47. The van der Waals surface area contributed by atoms with Gasteiger partial charge in [0.1, 0.15) is 0 Å². The van der Waals surface area contributed by atoms with Gasteiger partial charge in [0.2, 0.25) is 0 Å². The van der Waals surface area contributed by atoms with E-state index in [4.69, 9.17) is 0 Å². The smallest absolute Gasteiger partial charge is 0.0176 e. The molecular formula is C18H19N. The Morgan fingerprint density at radius 1 is 0.737 bits per heavy atom. The molecule has 0 unspecified atom stereocenters.